The lowest BCUT2D eigenvalue weighted by Crippen LogP contribution is -2.35. The number of rotatable bonds is 10. The molecule has 0 saturated heterocycles. The van der Waals surface area contributed by atoms with Crippen LogP contribution in [-0.2, 0) is 17.8 Å². The molecule has 0 fully saturated rings. The van der Waals surface area contributed by atoms with Crippen molar-refractivity contribution in [2.75, 3.05) is 26.8 Å². The van der Waals surface area contributed by atoms with Crippen LogP contribution in [0, 0.1) is 0 Å². The molecule has 0 aliphatic carbocycles. The summed E-state index contributed by atoms with van der Waals surface area (Å²) in [7, 11) is 1.75. The van der Waals surface area contributed by atoms with Crippen LogP contribution >= 0.6 is 0 Å². The zero-order valence-corrected chi connectivity index (χ0v) is 12.7. The lowest BCUT2D eigenvalue weighted by molar-refractivity contribution is 0.117. The number of hydrogen-bond acceptors (Lipinski definition) is 4. The van der Waals surface area contributed by atoms with Gasteiger partial charge in [-0.05, 0) is 26.0 Å². The Hall–Kier alpha value is -0.840. The largest absolute Gasteiger partial charge is 0.468 e. The number of ether oxygens (including phenoxy) is 1. The van der Waals surface area contributed by atoms with E-state index in [1.165, 1.54) is 5.56 Å². The number of nitrogens with one attached hydrogen (secondary N) is 1. The minimum atomic E-state index is 0.553. The van der Waals surface area contributed by atoms with Crippen LogP contribution < -0.4 is 5.32 Å². The molecule has 1 heterocycles. The Morgan fingerprint density at radius 2 is 2.21 bits per heavy atom. The summed E-state index contributed by atoms with van der Waals surface area (Å²) in [5.41, 5.74) is 1.28. The normalized spacial score (nSPS) is 13.1. The van der Waals surface area contributed by atoms with Gasteiger partial charge in [0, 0.05) is 31.8 Å². The molecule has 4 heteroatoms. The molecule has 110 valence electrons. The highest BCUT2D eigenvalue weighted by molar-refractivity contribution is 5.17. The maximum Gasteiger partial charge on any atom is 0.122 e. The monoisotopic (exact) mass is 268 g/mol. The van der Waals surface area contributed by atoms with Crippen LogP contribution in [0.15, 0.2) is 16.7 Å². The first-order valence-electron chi connectivity index (χ1n) is 7.21. The van der Waals surface area contributed by atoms with Gasteiger partial charge in [0.1, 0.15) is 5.76 Å². The van der Waals surface area contributed by atoms with Gasteiger partial charge in [-0.25, -0.2) is 0 Å². The molecule has 0 amide bonds. The van der Waals surface area contributed by atoms with E-state index in [2.05, 4.69) is 37.1 Å². The predicted octanol–water partition coefficient (Wildman–Crippen LogP) is 2.64. The van der Waals surface area contributed by atoms with Gasteiger partial charge >= 0.3 is 0 Å². The van der Waals surface area contributed by atoms with Crippen LogP contribution in [0.5, 0.6) is 0 Å². The fraction of sp³-hybridized carbons (Fsp3) is 0.733. The van der Waals surface area contributed by atoms with Crippen molar-refractivity contribution in [2.24, 2.45) is 0 Å². The second kappa shape index (κ2) is 9.13. The summed E-state index contributed by atoms with van der Waals surface area (Å²) < 4.78 is 10.8. The van der Waals surface area contributed by atoms with E-state index in [4.69, 9.17) is 9.15 Å². The Morgan fingerprint density at radius 1 is 1.42 bits per heavy atom. The molecule has 1 atom stereocenters. The third-order valence-corrected chi connectivity index (χ3v) is 3.54. The van der Waals surface area contributed by atoms with Crippen molar-refractivity contribution in [3.63, 3.8) is 0 Å². The summed E-state index contributed by atoms with van der Waals surface area (Å²) in [4.78, 5) is 2.45. The van der Waals surface area contributed by atoms with Crippen LogP contribution in [0.3, 0.4) is 0 Å². The first-order valence-corrected chi connectivity index (χ1v) is 7.21. The molecule has 0 saturated carbocycles. The van der Waals surface area contributed by atoms with Crippen molar-refractivity contribution in [2.45, 2.75) is 46.3 Å². The van der Waals surface area contributed by atoms with E-state index in [9.17, 15) is 0 Å². The molecule has 1 aromatic heterocycles. The van der Waals surface area contributed by atoms with E-state index >= 15 is 0 Å². The van der Waals surface area contributed by atoms with Gasteiger partial charge in [-0.15, -0.1) is 0 Å². The quantitative estimate of drug-likeness (QED) is 0.708. The SMILES string of the molecule is CCNCc1occc1CN(CCOC)C(C)CC. The van der Waals surface area contributed by atoms with Crippen LogP contribution in [0.4, 0.5) is 0 Å². The Labute approximate surface area is 117 Å². The second-order valence-electron chi connectivity index (χ2n) is 4.87. The summed E-state index contributed by atoms with van der Waals surface area (Å²) >= 11 is 0. The van der Waals surface area contributed by atoms with Crippen molar-refractivity contribution in [3.05, 3.63) is 23.7 Å². The minimum Gasteiger partial charge on any atom is -0.468 e. The highest BCUT2D eigenvalue weighted by atomic mass is 16.5. The topological polar surface area (TPSA) is 37.6 Å². The molecule has 0 aliphatic heterocycles. The van der Waals surface area contributed by atoms with E-state index in [1.54, 1.807) is 13.4 Å². The van der Waals surface area contributed by atoms with Gasteiger partial charge in [0.2, 0.25) is 0 Å². The van der Waals surface area contributed by atoms with Crippen molar-refractivity contribution in [3.8, 4) is 0 Å². The molecular weight excluding hydrogens is 240 g/mol. The molecule has 0 radical (unpaired) electrons. The lowest BCUT2D eigenvalue weighted by Gasteiger charge is -2.28. The standard InChI is InChI=1S/C15H28N2O2/c1-5-13(3)17(8-10-18-4)12-14-7-9-19-15(14)11-16-6-2/h7,9,13,16H,5-6,8,10-12H2,1-4H3. The smallest absolute Gasteiger partial charge is 0.122 e. The van der Waals surface area contributed by atoms with Crippen LogP contribution in [0.25, 0.3) is 0 Å². The third kappa shape index (κ3) is 5.35. The van der Waals surface area contributed by atoms with E-state index in [0.717, 1.165) is 45.0 Å². The van der Waals surface area contributed by atoms with Crippen LogP contribution in [0.2, 0.25) is 0 Å². The molecule has 0 aliphatic rings. The van der Waals surface area contributed by atoms with Crippen molar-refractivity contribution in [1.82, 2.24) is 10.2 Å². The summed E-state index contributed by atoms with van der Waals surface area (Å²) in [6.45, 7) is 11.0. The molecule has 1 rings (SSSR count). The maximum absolute atomic E-state index is 5.57. The minimum absolute atomic E-state index is 0.553. The van der Waals surface area contributed by atoms with Gasteiger partial charge in [-0.1, -0.05) is 13.8 Å². The molecule has 1 aromatic rings. The molecule has 19 heavy (non-hydrogen) atoms. The number of nitrogens with zero attached hydrogens (tertiary/aromatic N) is 1. The molecule has 0 aromatic carbocycles. The Bertz CT molecular complexity index is 339. The first-order chi connectivity index (χ1) is 9.22. The average molecular weight is 268 g/mol. The fourth-order valence-electron chi connectivity index (χ4n) is 2.04. The zero-order valence-electron chi connectivity index (χ0n) is 12.7. The molecule has 0 bridgehead atoms. The van der Waals surface area contributed by atoms with Crippen molar-refractivity contribution < 1.29 is 9.15 Å². The number of methoxy groups -OCH3 is 1. The van der Waals surface area contributed by atoms with Gasteiger partial charge in [0.05, 0.1) is 19.4 Å². The highest BCUT2D eigenvalue weighted by Crippen LogP contribution is 2.16. The Morgan fingerprint density at radius 3 is 2.84 bits per heavy atom. The van der Waals surface area contributed by atoms with Crippen molar-refractivity contribution in [1.29, 1.82) is 0 Å². The Balaban J connectivity index is 2.64. The van der Waals surface area contributed by atoms with Crippen LogP contribution in [0.1, 0.15) is 38.5 Å². The van der Waals surface area contributed by atoms with Gasteiger partial charge in [0.15, 0.2) is 0 Å². The van der Waals surface area contributed by atoms with Gasteiger partial charge in [0.25, 0.3) is 0 Å². The summed E-state index contributed by atoms with van der Waals surface area (Å²) in [6.07, 6.45) is 2.93. The van der Waals surface area contributed by atoms with Crippen LogP contribution in [-0.4, -0.2) is 37.7 Å². The summed E-state index contributed by atoms with van der Waals surface area (Å²) in [6, 6.07) is 2.63. The van der Waals surface area contributed by atoms with E-state index < -0.39 is 0 Å². The van der Waals surface area contributed by atoms with Crippen molar-refractivity contribution >= 4 is 0 Å². The molecule has 1 unspecified atom stereocenters. The fourth-order valence-corrected chi connectivity index (χ4v) is 2.04. The van der Waals surface area contributed by atoms with Gasteiger partial charge < -0.3 is 14.5 Å². The van der Waals surface area contributed by atoms with E-state index in [0.29, 0.717) is 6.04 Å². The highest BCUT2D eigenvalue weighted by Gasteiger charge is 2.15. The van der Waals surface area contributed by atoms with Gasteiger partial charge in [-0.3, -0.25) is 4.90 Å². The number of hydrogen-bond donors (Lipinski definition) is 1. The molecular formula is C15H28N2O2. The number of furan rings is 1. The van der Waals surface area contributed by atoms with E-state index in [-0.39, 0.29) is 0 Å². The Kier molecular flexibility index (Phi) is 7.79. The third-order valence-electron chi connectivity index (χ3n) is 3.54. The molecule has 4 nitrogen and oxygen atoms in total. The average Bonchev–Trinajstić information content (AvgIpc) is 2.87. The predicted molar refractivity (Wildman–Crippen MR) is 78.1 cm³/mol. The lowest BCUT2D eigenvalue weighted by atomic mass is 10.1. The first kappa shape index (κ1) is 16.2. The summed E-state index contributed by atoms with van der Waals surface area (Å²) in [5.74, 6) is 1.05. The molecule has 0 spiro atoms. The maximum atomic E-state index is 5.57. The summed E-state index contributed by atoms with van der Waals surface area (Å²) in [5, 5.41) is 3.31. The molecule has 1 N–H and O–H groups in total. The second-order valence-corrected chi connectivity index (χ2v) is 4.87. The zero-order chi connectivity index (χ0) is 14.1. The van der Waals surface area contributed by atoms with Gasteiger partial charge in [-0.2, -0.15) is 0 Å². The van der Waals surface area contributed by atoms with E-state index in [1.807, 2.05) is 0 Å².